The van der Waals surface area contributed by atoms with E-state index in [2.05, 4.69) is 24.9 Å². The summed E-state index contributed by atoms with van der Waals surface area (Å²) in [6.07, 6.45) is 1.95. The molecule has 3 aliphatic rings. The highest BCUT2D eigenvalue weighted by molar-refractivity contribution is 7.19. The molecule has 1 saturated carbocycles. The molecule has 2 N–H and O–H groups in total. The first-order valence-corrected chi connectivity index (χ1v) is 11.2. The number of rotatable bonds is 3. The molecule has 0 aromatic carbocycles. The van der Waals surface area contributed by atoms with E-state index in [9.17, 15) is 4.79 Å². The van der Waals surface area contributed by atoms with Crippen LogP contribution in [-0.2, 0) is 16.1 Å². The zero-order chi connectivity index (χ0) is 20.9. The minimum atomic E-state index is -0.0603. The third-order valence-corrected chi connectivity index (χ3v) is 8.20. The number of likely N-dealkylation sites (tertiary alicyclic amines) is 1. The van der Waals surface area contributed by atoms with Crippen LogP contribution in [0.3, 0.4) is 0 Å². The topological polar surface area (TPSA) is 84.6 Å². The lowest BCUT2D eigenvalue weighted by atomic mass is 10.1. The Balaban J connectivity index is 1.37. The number of thiophene rings is 1. The maximum absolute atomic E-state index is 13.1. The van der Waals surface area contributed by atoms with Crippen molar-refractivity contribution in [3.63, 3.8) is 0 Å². The van der Waals surface area contributed by atoms with E-state index in [-0.39, 0.29) is 29.6 Å². The zero-order valence-electron chi connectivity index (χ0n) is 17.5. The maximum atomic E-state index is 13.1. The van der Waals surface area contributed by atoms with Gasteiger partial charge in [0.15, 0.2) is 6.23 Å². The number of aromatic nitrogens is 2. The first-order chi connectivity index (χ1) is 14.3. The van der Waals surface area contributed by atoms with Crippen molar-refractivity contribution in [2.24, 2.45) is 17.3 Å². The predicted octanol–water partition coefficient (Wildman–Crippen LogP) is 3.90. The first kappa shape index (κ1) is 18.3. The van der Waals surface area contributed by atoms with Gasteiger partial charge in [-0.25, -0.2) is 0 Å². The van der Waals surface area contributed by atoms with Crippen molar-refractivity contribution in [1.29, 1.82) is 0 Å². The number of hydrogen-bond donors (Lipinski definition) is 1. The number of ether oxygens (including phenoxy) is 1. The van der Waals surface area contributed by atoms with Crippen LogP contribution >= 0.6 is 11.3 Å². The second-order valence-corrected chi connectivity index (χ2v) is 10.5. The van der Waals surface area contributed by atoms with Crippen LogP contribution in [-0.4, -0.2) is 33.1 Å². The number of aryl methyl sites for hydroxylation is 2. The number of amides is 1. The highest BCUT2D eigenvalue weighted by Gasteiger charge is 2.76. The van der Waals surface area contributed by atoms with E-state index in [0.717, 1.165) is 37.6 Å². The molecule has 0 spiro atoms. The molecule has 3 aromatic heterocycles. The van der Waals surface area contributed by atoms with Gasteiger partial charge in [-0.2, -0.15) is 0 Å². The van der Waals surface area contributed by atoms with Crippen molar-refractivity contribution in [2.45, 2.75) is 46.6 Å². The molecule has 6 nitrogen and oxygen atoms in total. The summed E-state index contributed by atoms with van der Waals surface area (Å²) in [4.78, 5) is 25.4. The molecule has 2 saturated heterocycles. The van der Waals surface area contributed by atoms with Gasteiger partial charge >= 0.3 is 0 Å². The molecule has 6 rings (SSSR count). The van der Waals surface area contributed by atoms with Crippen LogP contribution in [0.1, 0.15) is 30.0 Å². The molecular formula is C23H24N4O2S. The second kappa shape index (κ2) is 5.80. The van der Waals surface area contributed by atoms with E-state index in [0.29, 0.717) is 18.2 Å². The molecule has 4 atom stereocenters. The molecule has 7 heteroatoms. The maximum Gasteiger partial charge on any atom is 0.229 e. The van der Waals surface area contributed by atoms with E-state index in [1.807, 2.05) is 30.9 Å². The summed E-state index contributed by atoms with van der Waals surface area (Å²) in [5.41, 5.74) is 11.8. The van der Waals surface area contributed by atoms with Crippen molar-refractivity contribution >= 4 is 33.1 Å². The number of epoxide rings is 1. The van der Waals surface area contributed by atoms with E-state index in [1.54, 1.807) is 17.5 Å². The van der Waals surface area contributed by atoms with Crippen molar-refractivity contribution < 1.29 is 9.53 Å². The van der Waals surface area contributed by atoms with Gasteiger partial charge in [0.1, 0.15) is 6.10 Å². The van der Waals surface area contributed by atoms with E-state index in [4.69, 9.17) is 15.5 Å². The molecule has 0 bridgehead atoms. The van der Waals surface area contributed by atoms with Crippen molar-refractivity contribution in [2.75, 3.05) is 5.73 Å². The summed E-state index contributed by atoms with van der Waals surface area (Å²) in [6.45, 7) is 8.91. The number of nitrogens with zero attached hydrogens (tertiary/aromatic N) is 3. The number of nitrogens with two attached hydrogens (primary N) is 1. The quantitative estimate of drug-likeness (QED) is 0.650. The molecule has 5 heterocycles. The third kappa shape index (κ3) is 2.42. The van der Waals surface area contributed by atoms with Crippen LogP contribution in [0, 0.1) is 31.1 Å². The van der Waals surface area contributed by atoms with Crippen LogP contribution in [0.4, 0.5) is 5.69 Å². The standard InChI is InChI=1S/C23H24N4O2S/c1-10-7-11(2)26-18(17(10)24)13-5-6-25-14-8-12(30-20(13)14)9-27-21(28)16-15(23(16,3)4)19-22(27)29-19/h5-8,15-16,19,22H,9,24H2,1-4H3. The van der Waals surface area contributed by atoms with Crippen LogP contribution in [0.25, 0.3) is 21.5 Å². The SMILES string of the molecule is Cc1cc(C)c(N)c(-c2ccnc3cc(CN4C(=O)C5C(C6OC64)C5(C)C)sc23)n1. The first-order valence-electron chi connectivity index (χ1n) is 10.3. The molecule has 0 radical (unpaired) electrons. The van der Waals surface area contributed by atoms with Gasteiger partial charge in [-0.3, -0.25) is 14.8 Å². The molecule has 2 aliphatic heterocycles. The zero-order valence-corrected chi connectivity index (χ0v) is 18.3. The Morgan fingerprint density at radius 2 is 2.10 bits per heavy atom. The van der Waals surface area contributed by atoms with Crippen LogP contribution < -0.4 is 5.73 Å². The highest BCUT2D eigenvalue weighted by Crippen LogP contribution is 2.68. The fraction of sp³-hybridized carbons (Fsp3) is 0.435. The summed E-state index contributed by atoms with van der Waals surface area (Å²) < 4.78 is 6.95. The summed E-state index contributed by atoms with van der Waals surface area (Å²) >= 11 is 1.66. The normalized spacial score (nSPS) is 28.4. The number of pyridine rings is 2. The Bertz CT molecular complexity index is 1230. The van der Waals surface area contributed by atoms with Crippen molar-refractivity contribution in [1.82, 2.24) is 14.9 Å². The Labute approximate surface area is 179 Å². The van der Waals surface area contributed by atoms with Crippen molar-refractivity contribution in [3.8, 4) is 11.3 Å². The molecule has 4 unspecified atom stereocenters. The Hall–Kier alpha value is -2.51. The van der Waals surface area contributed by atoms with Gasteiger partial charge in [-0.05, 0) is 43.0 Å². The van der Waals surface area contributed by atoms with Gasteiger partial charge in [-0.15, -0.1) is 11.3 Å². The number of carbonyl (C=O) groups is 1. The lowest BCUT2D eigenvalue weighted by Gasteiger charge is -2.22. The molecule has 1 aliphatic carbocycles. The second-order valence-electron chi connectivity index (χ2n) is 9.41. The van der Waals surface area contributed by atoms with E-state index >= 15 is 0 Å². The fourth-order valence-corrected chi connectivity index (χ4v) is 6.46. The minimum Gasteiger partial charge on any atom is -0.397 e. The lowest BCUT2D eigenvalue weighted by molar-refractivity contribution is -0.137. The largest absolute Gasteiger partial charge is 0.397 e. The molecule has 30 heavy (non-hydrogen) atoms. The van der Waals surface area contributed by atoms with Crippen LogP contribution in [0.5, 0.6) is 0 Å². The van der Waals surface area contributed by atoms with E-state index in [1.165, 1.54) is 0 Å². The third-order valence-electron chi connectivity index (χ3n) is 7.06. The molecular weight excluding hydrogens is 396 g/mol. The number of carbonyl (C=O) groups excluding carboxylic acids is 1. The van der Waals surface area contributed by atoms with Gasteiger partial charge in [-0.1, -0.05) is 13.8 Å². The number of fused-ring (bicyclic) bond motifs is 4. The van der Waals surface area contributed by atoms with Gasteiger partial charge in [0.05, 0.1) is 28.1 Å². The van der Waals surface area contributed by atoms with Gasteiger partial charge < -0.3 is 15.4 Å². The minimum absolute atomic E-state index is 0.0603. The average Bonchev–Trinajstić information content (AvgIpc) is 3.53. The van der Waals surface area contributed by atoms with E-state index < -0.39 is 0 Å². The Morgan fingerprint density at radius 1 is 1.30 bits per heavy atom. The summed E-state index contributed by atoms with van der Waals surface area (Å²) in [5, 5.41) is 0. The monoisotopic (exact) mass is 420 g/mol. The van der Waals surface area contributed by atoms with Gasteiger partial charge in [0.25, 0.3) is 0 Å². The Kier molecular flexibility index (Phi) is 3.53. The molecule has 1 amide bonds. The highest BCUT2D eigenvalue weighted by atomic mass is 32.1. The van der Waals surface area contributed by atoms with Crippen LogP contribution in [0.2, 0.25) is 0 Å². The smallest absolute Gasteiger partial charge is 0.229 e. The van der Waals surface area contributed by atoms with Crippen LogP contribution in [0.15, 0.2) is 24.4 Å². The average molecular weight is 421 g/mol. The number of nitrogen functional groups attached to an aromatic ring is 1. The predicted molar refractivity (Wildman–Crippen MR) is 117 cm³/mol. The molecule has 3 aromatic rings. The lowest BCUT2D eigenvalue weighted by Crippen LogP contribution is -2.39. The van der Waals surface area contributed by atoms with Gasteiger partial charge in [0, 0.05) is 34.2 Å². The number of anilines is 1. The summed E-state index contributed by atoms with van der Waals surface area (Å²) in [7, 11) is 0. The fourth-order valence-electron chi connectivity index (χ4n) is 5.33. The molecule has 154 valence electrons. The number of hydrogen-bond acceptors (Lipinski definition) is 6. The number of piperidine rings is 1. The summed E-state index contributed by atoms with van der Waals surface area (Å²) in [5.74, 6) is 0.721. The summed E-state index contributed by atoms with van der Waals surface area (Å²) in [6, 6.07) is 6.05. The van der Waals surface area contributed by atoms with Crippen molar-refractivity contribution in [3.05, 3.63) is 40.5 Å². The molecule has 3 fully saturated rings. The van der Waals surface area contributed by atoms with Gasteiger partial charge in [0.2, 0.25) is 5.91 Å². The Morgan fingerprint density at radius 3 is 2.90 bits per heavy atom.